The molecule has 0 heterocycles. The molecule has 86 valence electrons. The summed E-state index contributed by atoms with van der Waals surface area (Å²) in [5.41, 5.74) is 0. The molecule has 0 aromatic rings. The van der Waals surface area contributed by atoms with Crippen LogP contribution in [-0.2, 0) is 9.53 Å². The predicted octanol–water partition coefficient (Wildman–Crippen LogP) is 2.52. The van der Waals surface area contributed by atoms with Crippen LogP contribution in [-0.4, -0.2) is 24.3 Å². The highest BCUT2D eigenvalue weighted by atomic mass is 16.5. The molecule has 0 fully saturated rings. The third-order valence-electron chi connectivity index (χ3n) is 1.52. The van der Waals surface area contributed by atoms with Crippen LogP contribution in [0.1, 0.15) is 52.9 Å². The third-order valence-corrected chi connectivity index (χ3v) is 1.52. The molecule has 0 saturated heterocycles. The van der Waals surface area contributed by atoms with Gasteiger partial charge in [0.2, 0.25) is 0 Å². The van der Waals surface area contributed by atoms with Crippen LogP contribution in [0.15, 0.2) is 0 Å². The number of hydrogen-bond donors (Lipinski definition) is 1. The van der Waals surface area contributed by atoms with Gasteiger partial charge in [-0.25, -0.2) is 0 Å². The average Bonchev–Trinajstić information content (AvgIpc) is 2.24. The molecule has 0 spiro atoms. The summed E-state index contributed by atoms with van der Waals surface area (Å²) in [5, 5.41) is 7.88. The lowest BCUT2D eigenvalue weighted by Crippen LogP contribution is -2.03. The lowest BCUT2D eigenvalue weighted by Gasteiger charge is -2.00. The van der Waals surface area contributed by atoms with Crippen LogP contribution in [0.3, 0.4) is 0 Å². The second kappa shape index (κ2) is 14.9. The number of carbonyl (C=O) groups excluding carboxylic acids is 1. The molecule has 0 aliphatic heterocycles. The number of esters is 1. The van der Waals surface area contributed by atoms with Gasteiger partial charge < -0.3 is 9.84 Å². The van der Waals surface area contributed by atoms with Crippen LogP contribution in [0.4, 0.5) is 0 Å². The molecule has 14 heavy (non-hydrogen) atoms. The molecule has 3 heteroatoms. The largest absolute Gasteiger partial charge is 0.466 e. The van der Waals surface area contributed by atoms with Crippen LogP contribution in [0, 0.1) is 0 Å². The molecule has 3 nitrogen and oxygen atoms in total. The van der Waals surface area contributed by atoms with Crippen molar-refractivity contribution in [3.8, 4) is 0 Å². The van der Waals surface area contributed by atoms with Crippen LogP contribution in [0.25, 0.3) is 0 Å². The Morgan fingerprint density at radius 1 is 1.14 bits per heavy atom. The van der Waals surface area contributed by atoms with Gasteiger partial charge in [-0.15, -0.1) is 0 Å². The highest BCUT2D eigenvalue weighted by Gasteiger charge is 1.95. The van der Waals surface area contributed by atoms with Gasteiger partial charge >= 0.3 is 5.97 Å². The zero-order valence-corrected chi connectivity index (χ0v) is 9.71. The summed E-state index contributed by atoms with van der Waals surface area (Å²) in [6.07, 6.45) is 4.69. The molecule has 0 aromatic carbocycles. The highest BCUT2D eigenvalue weighted by molar-refractivity contribution is 5.68. The van der Waals surface area contributed by atoms with E-state index in [0.717, 1.165) is 19.3 Å². The van der Waals surface area contributed by atoms with Crippen LogP contribution >= 0.6 is 0 Å². The lowest BCUT2D eigenvalue weighted by molar-refractivity contribution is -0.143. The molecule has 0 aliphatic rings. The Hall–Kier alpha value is -0.570. The van der Waals surface area contributed by atoms with Crippen molar-refractivity contribution >= 4 is 5.97 Å². The molecule has 0 saturated carbocycles. The van der Waals surface area contributed by atoms with Gasteiger partial charge in [-0.05, 0) is 12.8 Å². The normalized spacial score (nSPS) is 8.86. The first-order valence-electron chi connectivity index (χ1n) is 5.49. The van der Waals surface area contributed by atoms with Gasteiger partial charge in [0.15, 0.2) is 0 Å². The van der Waals surface area contributed by atoms with Crippen molar-refractivity contribution in [2.45, 2.75) is 52.9 Å². The van der Waals surface area contributed by atoms with E-state index in [2.05, 4.69) is 6.92 Å². The standard InChI is InChI=1S/C8H16O2.C3H8O/c1-3-5-6-7-10-8(9)4-2;1-2-3-4/h3-7H2,1-2H3;4H,2-3H2,1H3. The highest BCUT2D eigenvalue weighted by Crippen LogP contribution is 1.95. The maximum Gasteiger partial charge on any atom is 0.305 e. The van der Waals surface area contributed by atoms with Crippen molar-refractivity contribution in [2.75, 3.05) is 13.2 Å². The molecule has 0 aromatic heterocycles. The lowest BCUT2D eigenvalue weighted by atomic mass is 10.3. The first-order valence-corrected chi connectivity index (χ1v) is 5.49. The van der Waals surface area contributed by atoms with Crippen molar-refractivity contribution in [1.29, 1.82) is 0 Å². The fraction of sp³-hybridized carbons (Fsp3) is 0.909. The molecular formula is C11H24O3. The van der Waals surface area contributed by atoms with Gasteiger partial charge in [-0.2, -0.15) is 0 Å². The molecule has 0 bridgehead atoms. The Kier molecular flexibility index (Phi) is 16.9. The van der Waals surface area contributed by atoms with E-state index in [1.165, 1.54) is 6.42 Å². The number of rotatable bonds is 6. The number of hydrogen-bond acceptors (Lipinski definition) is 3. The first kappa shape index (κ1) is 15.9. The Labute approximate surface area is 87.5 Å². The topological polar surface area (TPSA) is 46.5 Å². The van der Waals surface area contributed by atoms with Gasteiger partial charge in [0.1, 0.15) is 0 Å². The Morgan fingerprint density at radius 2 is 1.71 bits per heavy atom. The summed E-state index contributed by atoms with van der Waals surface area (Å²) in [4.78, 5) is 10.6. The predicted molar refractivity (Wildman–Crippen MR) is 58.2 cm³/mol. The van der Waals surface area contributed by atoms with E-state index < -0.39 is 0 Å². The summed E-state index contributed by atoms with van der Waals surface area (Å²) < 4.78 is 4.85. The fourth-order valence-electron chi connectivity index (χ4n) is 0.640. The second-order valence-electron chi connectivity index (χ2n) is 3.00. The van der Waals surface area contributed by atoms with Gasteiger partial charge in [-0.1, -0.05) is 33.6 Å². The van der Waals surface area contributed by atoms with E-state index >= 15 is 0 Å². The fourth-order valence-corrected chi connectivity index (χ4v) is 0.640. The molecular weight excluding hydrogens is 180 g/mol. The number of carbonyl (C=O) groups is 1. The monoisotopic (exact) mass is 204 g/mol. The zero-order chi connectivity index (χ0) is 11.2. The molecule has 0 radical (unpaired) electrons. The van der Waals surface area contributed by atoms with Crippen LogP contribution in [0.5, 0.6) is 0 Å². The summed E-state index contributed by atoms with van der Waals surface area (Å²) >= 11 is 0. The molecule has 1 N–H and O–H groups in total. The SMILES string of the molecule is CCCCCOC(=O)CC.CCCO. The van der Waals surface area contributed by atoms with Crippen LogP contribution in [0.2, 0.25) is 0 Å². The van der Waals surface area contributed by atoms with E-state index in [0.29, 0.717) is 19.6 Å². The second-order valence-corrected chi connectivity index (χ2v) is 3.00. The summed E-state index contributed by atoms with van der Waals surface area (Å²) in [6.45, 7) is 6.78. The van der Waals surface area contributed by atoms with Gasteiger partial charge in [-0.3, -0.25) is 4.79 Å². The number of aliphatic hydroxyl groups excluding tert-OH is 1. The summed E-state index contributed by atoms with van der Waals surface area (Å²) in [5.74, 6) is -0.0869. The van der Waals surface area contributed by atoms with E-state index in [1.807, 2.05) is 13.8 Å². The maximum atomic E-state index is 10.6. The minimum Gasteiger partial charge on any atom is -0.466 e. The maximum absolute atomic E-state index is 10.6. The van der Waals surface area contributed by atoms with E-state index in [-0.39, 0.29) is 5.97 Å². The molecule has 0 rings (SSSR count). The molecule has 0 aliphatic carbocycles. The van der Waals surface area contributed by atoms with E-state index in [1.54, 1.807) is 0 Å². The number of unbranched alkanes of at least 4 members (excludes halogenated alkanes) is 2. The van der Waals surface area contributed by atoms with Gasteiger partial charge in [0.05, 0.1) is 6.61 Å². The van der Waals surface area contributed by atoms with Crippen LogP contribution < -0.4 is 0 Å². The van der Waals surface area contributed by atoms with Crippen molar-refractivity contribution in [2.24, 2.45) is 0 Å². The molecule has 0 amide bonds. The minimum absolute atomic E-state index is 0.0869. The summed E-state index contributed by atoms with van der Waals surface area (Å²) in [6, 6.07) is 0. The quantitative estimate of drug-likeness (QED) is 0.534. The number of ether oxygens (including phenoxy) is 1. The Morgan fingerprint density at radius 3 is 2.07 bits per heavy atom. The number of aliphatic hydroxyl groups is 1. The van der Waals surface area contributed by atoms with Gasteiger partial charge in [0, 0.05) is 13.0 Å². The first-order chi connectivity index (χ1) is 6.72. The molecule has 0 unspecified atom stereocenters. The Bertz CT molecular complexity index is 111. The zero-order valence-electron chi connectivity index (χ0n) is 9.71. The van der Waals surface area contributed by atoms with Crippen molar-refractivity contribution < 1.29 is 14.6 Å². The Balaban J connectivity index is 0. The minimum atomic E-state index is -0.0869. The smallest absolute Gasteiger partial charge is 0.305 e. The van der Waals surface area contributed by atoms with Crippen molar-refractivity contribution in [1.82, 2.24) is 0 Å². The van der Waals surface area contributed by atoms with E-state index in [9.17, 15) is 4.79 Å². The molecule has 0 atom stereocenters. The van der Waals surface area contributed by atoms with Crippen molar-refractivity contribution in [3.63, 3.8) is 0 Å². The van der Waals surface area contributed by atoms with Crippen molar-refractivity contribution in [3.05, 3.63) is 0 Å². The van der Waals surface area contributed by atoms with E-state index in [4.69, 9.17) is 9.84 Å². The van der Waals surface area contributed by atoms with Gasteiger partial charge in [0.25, 0.3) is 0 Å². The average molecular weight is 204 g/mol. The summed E-state index contributed by atoms with van der Waals surface area (Å²) in [7, 11) is 0. The third kappa shape index (κ3) is 17.5.